The average molecular weight is 424 g/mol. The summed E-state index contributed by atoms with van der Waals surface area (Å²) in [5.74, 6) is 2.41. The van der Waals surface area contributed by atoms with E-state index in [2.05, 4.69) is 29.3 Å². The predicted octanol–water partition coefficient (Wildman–Crippen LogP) is 6.02. The van der Waals surface area contributed by atoms with Gasteiger partial charge in [-0.1, -0.05) is 77.8 Å². The summed E-state index contributed by atoms with van der Waals surface area (Å²) in [5, 5.41) is 7.43. The van der Waals surface area contributed by atoms with Gasteiger partial charge in [-0.3, -0.25) is 4.79 Å². The standard InChI is InChI=1S/C22H39N3O3.C2H6/c1-16(2)14-23-15-20-24-22(28-25-20)19(13-21(26)27-17(3)4)12-8-11-18-9-6-5-7-10-18;1-2/h16-19,23H,5-15H2,1-4H3;1-2H3/t19-;/m1./s1. The largest absolute Gasteiger partial charge is 0.463 e. The molecule has 0 unspecified atom stereocenters. The van der Waals surface area contributed by atoms with Gasteiger partial charge >= 0.3 is 5.97 Å². The van der Waals surface area contributed by atoms with E-state index in [1.54, 1.807) is 0 Å². The summed E-state index contributed by atoms with van der Waals surface area (Å²) in [6.45, 7) is 13.6. The van der Waals surface area contributed by atoms with Crippen molar-refractivity contribution in [3.8, 4) is 0 Å². The molecule has 1 saturated carbocycles. The summed E-state index contributed by atoms with van der Waals surface area (Å²) in [6, 6.07) is 0. The summed E-state index contributed by atoms with van der Waals surface area (Å²) < 4.78 is 10.9. The Hall–Kier alpha value is -1.43. The molecule has 0 aromatic carbocycles. The number of carbonyl (C=O) groups is 1. The zero-order valence-electron chi connectivity index (χ0n) is 20.2. The van der Waals surface area contributed by atoms with Crippen LogP contribution in [0.3, 0.4) is 0 Å². The monoisotopic (exact) mass is 423 g/mol. The normalized spacial score (nSPS) is 15.7. The van der Waals surface area contributed by atoms with Gasteiger partial charge in [0.2, 0.25) is 5.89 Å². The lowest BCUT2D eigenvalue weighted by molar-refractivity contribution is -0.148. The first-order valence-electron chi connectivity index (χ1n) is 12.2. The molecule has 2 rings (SSSR count). The van der Waals surface area contributed by atoms with E-state index in [-0.39, 0.29) is 18.0 Å². The van der Waals surface area contributed by atoms with E-state index < -0.39 is 0 Å². The number of carbonyl (C=O) groups excluding carboxylic acids is 1. The first-order valence-corrected chi connectivity index (χ1v) is 12.2. The van der Waals surface area contributed by atoms with E-state index in [0.29, 0.717) is 30.6 Å². The van der Waals surface area contributed by atoms with Crippen molar-refractivity contribution in [3.05, 3.63) is 11.7 Å². The van der Waals surface area contributed by atoms with Gasteiger partial charge in [-0.2, -0.15) is 4.98 Å². The number of hydrogen-bond acceptors (Lipinski definition) is 6. The van der Waals surface area contributed by atoms with Crippen LogP contribution in [0.1, 0.15) is 117 Å². The molecule has 0 spiro atoms. The maximum absolute atomic E-state index is 12.2. The highest BCUT2D eigenvalue weighted by atomic mass is 16.5. The number of hydrogen-bond donors (Lipinski definition) is 1. The number of rotatable bonds is 12. The second-order valence-electron chi connectivity index (χ2n) is 8.95. The molecule has 1 fully saturated rings. The third-order valence-electron chi connectivity index (χ3n) is 5.34. The van der Waals surface area contributed by atoms with Crippen LogP contribution in [0.2, 0.25) is 0 Å². The van der Waals surface area contributed by atoms with E-state index in [0.717, 1.165) is 25.3 Å². The topological polar surface area (TPSA) is 77.2 Å². The summed E-state index contributed by atoms with van der Waals surface area (Å²) >= 11 is 0. The van der Waals surface area contributed by atoms with Crippen LogP contribution < -0.4 is 5.32 Å². The van der Waals surface area contributed by atoms with Crippen LogP contribution in [0.15, 0.2) is 4.52 Å². The Bertz CT molecular complexity index is 566. The molecule has 6 heteroatoms. The molecule has 0 bridgehead atoms. The van der Waals surface area contributed by atoms with Crippen molar-refractivity contribution in [3.63, 3.8) is 0 Å². The van der Waals surface area contributed by atoms with Crippen LogP contribution in [0, 0.1) is 11.8 Å². The van der Waals surface area contributed by atoms with Crippen molar-refractivity contribution < 1.29 is 14.1 Å². The predicted molar refractivity (Wildman–Crippen MR) is 121 cm³/mol. The van der Waals surface area contributed by atoms with Crippen molar-refractivity contribution >= 4 is 5.97 Å². The highest BCUT2D eigenvalue weighted by molar-refractivity contribution is 5.70. The van der Waals surface area contributed by atoms with Gasteiger partial charge in [-0.05, 0) is 38.6 Å². The summed E-state index contributed by atoms with van der Waals surface area (Å²) in [6.07, 6.45) is 10.2. The maximum Gasteiger partial charge on any atom is 0.306 e. The average Bonchev–Trinajstić information content (AvgIpc) is 3.17. The van der Waals surface area contributed by atoms with Gasteiger partial charge in [-0.25, -0.2) is 0 Å². The van der Waals surface area contributed by atoms with Gasteiger partial charge in [0.05, 0.1) is 19.1 Å². The van der Waals surface area contributed by atoms with E-state index in [1.807, 2.05) is 27.7 Å². The highest BCUT2D eigenvalue weighted by Gasteiger charge is 2.24. The Morgan fingerprint density at radius 2 is 1.87 bits per heavy atom. The van der Waals surface area contributed by atoms with Gasteiger partial charge in [-0.15, -0.1) is 0 Å². The molecule has 0 radical (unpaired) electrons. The van der Waals surface area contributed by atoms with Crippen LogP contribution in [0.5, 0.6) is 0 Å². The molecular weight excluding hydrogens is 378 g/mol. The smallest absolute Gasteiger partial charge is 0.306 e. The minimum Gasteiger partial charge on any atom is -0.463 e. The summed E-state index contributed by atoms with van der Waals surface area (Å²) in [4.78, 5) is 16.8. The fourth-order valence-electron chi connectivity index (χ4n) is 3.93. The fourth-order valence-corrected chi connectivity index (χ4v) is 3.93. The van der Waals surface area contributed by atoms with Crippen LogP contribution in [-0.4, -0.2) is 28.8 Å². The fraction of sp³-hybridized carbons (Fsp3) is 0.875. The molecule has 0 saturated heterocycles. The molecule has 1 aliphatic rings. The molecule has 0 aliphatic heterocycles. The van der Waals surface area contributed by atoms with Crippen LogP contribution >= 0.6 is 0 Å². The zero-order valence-corrected chi connectivity index (χ0v) is 20.2. The Morgan fingerprint density at radius 1 is 1.17 bits per heavy atom. The first kappa shape index (κ1) is 26.6. The lowest BCUT2D eigenvalue weighted by Gasteiger charge is -2.22. The molecule has 30 heavy (non-hydrogen) atoms. The van der Waals surface area contributed by atoms with Gasteiger partial charge in [0.25, 0.3) is 0 Å². The lowest BCUT2D eigenvalue weighted by atomic mass is 9.84. The molecule has 6 nitrogen and oxygen atoms in total. The molecule has 1 atom stereocenters. The third-order valence-corrected chi connectivity index (χ3v) is 5.34. The van der Waals surface area contributed by atoms with E-state index in [4.69, 9.17) is 9.26 Å². The molecule has 1 aromatic heterocycles. The Morgan fingerprint density at radius 3 is 2.50 bits per heavy atom. The highest BCUT2D eigenvalue weighted by Crippen LogP contribution is 2.31. The third kappa shape index (κ3) is 11.1. The molecule has 174 valence electrons. The SMILES string of the molecule is CC.CC(C)CNCc1noc([C@H](CCCC2CCCCC2)CC(=O)OC(C)C)n1. The minimum atomic E-state index is -0.185. The van der Waals surface area contributed by atoms with Crippen LogP contribution in [0.25, 0.3) is 0 Å². The van der Waals surface area contributed by atoms with E-state index in [9.17, 15) is 4.79 Å². The molecular formula is C24H45N3O3. The Balaban J connectivity index is 0.00000218. The van der Waals surface area contributed by atoms with Crippen molar-refractivity contribution in [1.29, 1.82) is 0 Å². The molecule has 1 N–H and O–H groups in total. The Labute approximate surface area is 183 Å². The number of nitrogens with zero attached hydrogens (tertiary/aromatic N) is 2. The lowest BCUT2D eigenvalue weighted by Crippen LogP contribution is -2.19. The zero-order chi connectivity index (χ0) is 22.4. The van der Waals surface area contributed by atoms with E-state index >= 15 is 0 Å². The van der Waals surface area contributed by atoms with Gasteiger partial charge in [0, 0.05) is 5.92 Å². The van der Waals surface area contributed by atoms with Crippen molar-refractivity contribution in [1.82, 2.24) is 15.5 Å². The summed E-state index contributed by atoms with van der Waals surface area (Å²) in [5.41, 5.74) is 0. The molecule has 0 amide bonds. The number of esters is 1. The Kier molecular flexibility index (Phi) is 13.6. The molecule has 1 aliphatic carbocycles. The van der Waals surface area contributed by atoms with Gasteiger partial charge in [0.15, 0.2) is 5.82 Å². The van der Waals surface area contributed by atoms with Crippen LogP contribution in [0.4, 0.5) is 0 Å². The van der Waals surface area contributed by atoms with Crippen molar-refractivity contribution in [2.75, 3.05) is 6.54 Å². The molecule has 1 heterocycles. The van der Waals surface area contributed by atoms with Gasteiger partial charge < -0.3 is 14.6 Å². The quantitative estimate of drug-likeness (QED) is 0.414. The van der Waals surface area contributed by atoms with Crippen molar-refractivity contribution in [2.24, 2.45) is 11.8 Å². The first-order chi connectivity index (χ1) is 14.4. The van der Waals surface area contributed by atoms with Crippen molar-refractivity contribution in [2.45, 2.75) is 118 Å². The second kappa shape index (κ2) is 15.4. The van der Waals surface area contributed by atoms with Gasteiger partial charge in [0.1, 0.15) is 0 Å². The minimum absolute atomic E-state index is 0.0545. The second-order valence-corrected chi connectivity index (χ2v) is 8.95. The number of nitrogens with one attached hydrogen (secondary N) is 1. The molecule has 1 aromatic rings. The summed E-state index contributed by atoms with van der Waals surface area (Å²) in [7, 11) is 0. The van der Waals surface area contributed by atoms with Crippen LogP contribution in [-0.2, 0) is 16.1 Å². The number of ether oxygens (including phenoxy) is 1. The van der Waals surface area contributed by atoms with E-state index in [1.165, 1.54) is 38.5 Å². The number of aromatic nitrogens is 2. The maximum atomic E-state index is 12.2.